The fourth-order valence-electron chi connectivity index (χ4n) is 2.59. The summed E-state index contributed by atoms with van der Waals surface area (Å²) in [6.45, 7) is 1.83. The molecule has 3 heterocycles. The molecule has 124 valence electrons. The molecule has 0 amide bonds. The van der Waals surface area contributed by atoms with Gasteiger partial charge in [-0.15, -0.1) is 0 Å². The predicted molar refractivity (Wildman–Crippen MR) is 89.8 cm³/mol. The van der Waals surface area contributed by atoms with E-state index in [9.17, 15) is 4.79 Å². The van der Waals surface area contributed by atoms with Crippen LogP contribution in [0.15, 0.2) is 63.7 Å². The number of rotatable bonds is 4. The van der Waals surface area contributed by atoms with Gasteiger partial charge in [0.1, 0.15) is 5.69 Å². The van der Waals surface area contributed by atoms with Crippen LogP contribution in [0.2, 0.25) is 0 Å². The van der Waals surface area contributed by atoms with Crippen LogP contribution in [0.5, 0.6) is 0 Å². The molecule has 1 aromatic carbocycles. The molecular weight excluding hydrogens is 320 g/mol. The SMILES string of the molecule is Cc1cc(COC(=O)c2cc(-c3ccco3)nc3ccccc23)on1. The van der Waals surface area contributed by atoms with Gasteiger partial charge in [-0.05, 0) is 31.2 Å². The molecule has 0 spiro atoms. The van der Waals surface area contributed by atoms with Crippen LogP contribution >= 0.6 is 0 Å². The van der Waals surface area contributed by atoms with Gasteiger partial charge in [0, 0.05) is 11.5 Å². The van der Waals surface area contributed by atoms with Gasteiger partial charge in [0.2, 0.25) is 0 Å². The van der Waals surface area contributed by atoms with Crippen molar-refractivity contribution < 1.29 is 18.5 Å². The molecule has 0 N–H and O–H groups in total. The Hall–Kier alpha value is -3.41. The van der Waals surface area contributed by atoms with Gasteiger partial charge >= 0.3 is 5.97 Å². The van der Waals surface area contributed by atoms with Crippen molar-refractivity contribution in [3.63, 3.8) is 0 Å². The number of carbonyl (C=O) groups is 1. The third kappa shape index (κ3) is 3.01. The van der Waals surface area contributed by atoms with Gasteiger partial charge in [0.15, 0.2) is 18.1 Å². The normalized spacial score (nSPS) is 10.9. The minimum atomic E-state index is -0.458. The van der Waals surface area contributed by atoms with E-state index in [1.807, 2.05) is 24.3 Å². The average molecular weight is 334 g/mol. The van der Waals surface area contributed by atoms with Crippen LogP contribution in [0.25, 0.3) is 22.4 Å². The Labute approximate surface area is 143 Å². The molecule has 0 atom stereocenters. The quantitative estimate of drug-likeness (QED) is 0.522. The number of aromatic nitrogens is 2. The van der Waals surface area contributed by atoms with Crippen molar-refractivity contribution in [3.05, 3.63) is 71.8 Å². The molecule has 4 aromatic rings. The molecule has 25 heavy (non-hydrogen) atoms. The Morgan fingerprint density at radius 3 is 2.80 bits per heavy atom. The lowest BCUT2D eigenvalue weighted by Crippen LogP contribution is -2.07. The van der Waals surface area contributed by atoms with Gasteiger partial charge in [0.05, 0.1) is 23.0 Å². The van der Waals surface area contributed by atoms with E-state index >= 15 is 0 Å². The lowest BCUT2D eigenvalue weighted by Gasteiger charge is -2.08. The van der Waals surface area contributed by atoms with E-state index in [-0.39, 0.29) is 6.61 Å². The molecule has 0 aliphatic carbocycles. The van der Waals surface area contributed by atoms with Gasteiger partial charge in [-0.1, -0.05) is 23.4 Å². The highest BCUT2D eigenvalue weighted by molar-refractivity contribution is 6.04. The summed E-state index contributed by atoms with van der Waals surface area (Å²) in [5.74, 6) is 0.626. The van der Waals surface area contributed by atoms with Crippen LogP contribution in [0.1, 0.15) is 21.8 Å². The van der Waals surface area contributed by atoms with Crippen molar-refractivity contribution >= 4 is 16.9 Å². The van der Waals surface area contributed by atoms with E-state index in [2.05, 4.69) is 10.1 Å². The highest BCUT2D eigenvalue weighted by atomic mass is 16.5. The number of esters is 1. The second-order valence-corrected chi connectivity index (χ2v) is 5.56. The molecular formula is C19H14N2O4. The number of hydrogen-bond donors (Lipinski definition) is 0. The van der Waals surface area contributed by atoms with Crippen molar-refractivity contribution in [3.8, 4) is 11.5 Å². The smallest absolute Gasteiger partial charge is 0.339 e. The maximum Gasteiger partial charge on any atom is 0.339 e. The first-order valence-electron chi connectivity index (χ1n) is 7.74. The zero-order valence-electron chi connectivity index (χ0n) is 13.4. The van der Waals surface area contributed by atoms with E-state index in [4.69, 9.17) is 13.7 Å². The number of benzene rings is 1. The summed E-state index contributed by atoms with van der Waals surface area (Å²) in [6.07, 6.45) is 1.57. The number of para-hydroxylation sites is 1. The van der Waals surface area contributed by atoms with E-state index in [1.54, 1.807) is 37.5 Å². The second kappa shape index (κ2) is 6.24. The van der Waals surface area contributed by atoms with Crippen LogP contribution in [-0.2, 0) is 11.3 Å². The summed E-state index contributed by atoms with van der Waals surface area (Å²) in [5, 5.41) is 4.50. The third-order valence-electron chi connectivity index (χ3n) is 3.73. The molecule has 0 radical (unpaired) electrons. The zero-order chi connectivity index (χ0) is 17.2. The summed E-state index contributed by atoms with van der Waals surface area (Å²) in [6, 6.07) is 14.4. The summed E-state index contributed by atoms with van der Waals surface area (Å²) >= 11 is 0. The van der Waals surface area contributed by atoms with Gasteiger partial charge in [-0.2, -0.15) is 0 Å². The van der Waals surface area contributed by atoms with Crippen molar-refractivity contribution in [1.82, 2.24) is 10.1 Å². The Bertz CT molecular complexity index is 1030. The van der Waals surface area contributed by atoms with Crippen LogP contribution in [0.3, 0.4) is 0 Å². The molecule has 0 bridgehead atoms. The van der Waals surface area contributed by atoms with E-state index < -0.39 is 5.97 Å². The second-order valence-electron chi connectivity index (χ2n) is 5.56. The topological polar surface area (TPSA) is 78.4 Å². The molecule has 0 aliphatic rings. The lowest BCUT2D eigenvalue weighted by molar-refractivity contribution is 0.0439. The Kier molecular flexibility index (Phi) is 3.78. The number of aryl methyl sites for hydroxylation is 1. The number of pyridine rings is 1. The summed E-state index contributed by atoms with van der Waals surface area (Å²) in [4.78, 5) is 17.2. The number of ether oxygens (including phenoxy) is 1. The molecule has 0 saturated heterocycles. The highest BCUT2D eigenvalue weighted by Gasteiger charge is 2.17. The number of hydrogen-bond acceptors (Lipinski definition) is 6. The molecule has 0 fully saturated rings. The van der Waals surface area contributed by atoms with Crippen LogP contribution < -0.4 is 0 Å². The van der Waals surface area contributed by atoms with Gasteiger partial charge in [-0.3, -0.25) is 0 Å². The van der Waals surface area contributed by atoms with E-state index in [0.29, 0.717) is 28.3 Å². The molecule has 4 rings (SSSR count). The number of furan rings is 1. The Morgan fingerprint density at radius 1 is 1.16 bits per heavy atom. The van der Waals surface area contributed by atoms with Crippen molar-refractivity contribution in [2.24, 2.45) is 0 Å². The Balaban J connectivity index is 1.70. The van der Waals surface area contributed by atoms with E-state index in [0.717, 1.165) is 11.1 Å². The minimum Gasteiger partial charge on any atom is -0.463 e. The molecule has 6 heteroatoms. The fraction of sp³-hybridized carbons (Fsp3) is 0.105. The molecule has 0 unspecified atom stereocenters. The van der Waals surface area contributed by atoms with Crippen LogP contribution in [-0.4, -0.2) is 16.1 Å². The zero-order valence-corrected chi connectivity index (χ0v) is 13.4. The van der Waals surface area contributed by atoms with Crippen molar-refractivity contribution in [2.75, 3.05) is 0 Å². The first-order valence-corrected chi connectivity index (χ1v) is 7.74. The maximum absolute atomic E-state index is 12.6. The van der Waals surface area contributed by atoms with Crippen LogP contribution in [0, 0.1) is 6.92 Å². The number of carbonyl (C=O) groups excluding carboxylic acids is 1. The summed E-state index contributed by atoms with van der Waals surface area (Å²) < 4.78 is 15.8. The van der Waals surface area contributed by atoms with Crippen LogP contribution in [0.4, 0.5) is 0 Å². The molecule has 3 aromatic heterocycles. The van der Waals surface area contributed by atoms with Gasteiger partial charge in [0.25, 0.3) is 0 Å². The Morgan fingerprint density at radius 2 is 2.04 bits per heavy atom. The molecule has 6 nitrogen and oxygen atoms in total. The monoisotopic (exact) mass is 334 g/mol. The predicted octanol–water partition coefficient (Wildman–Crippen LogP) is 4.15. The summed E-state index contributed by atoms with van der Waals surface area (Å²) in [5.41, 5.74) is 2.43. The third-order valence-corrected chi connectivity index (χ3v) is 3.73. The standard InChI is InChI=1S/C19H14N2O4/c1-12-9-13(25-21-12)11-24-19(22)15-10-17(18-7-4-8-23-18)20-16-6-3-2-5-14(15)16/h2-10H,11H2,1H3. The largest absolute Gasteiger partial charge is 0.463 e. The number of fused-ring (bicyclic) bond motifs is 1. The van der Waals surface area contributed by atoms with Crippen molar-refractivity contribution in [1.29, 1.82) is 0 Å². The lowest BCUT2D eigenvalue weighted by atomic mass is 10.1. The van der Waals surface area contributed by atoms with Gasteiger partial charge < -0.3 is 13.7 Å². The molecule has 0 aliphatic heterocycles. The first-order chi connectivity index (χ1) is 12.2. The average Bonchev–Trinajstić information content (AvgIpc) is 3.30. The highest BCUT2D eigenvalue weighted by Crippen LogP contribution is 2.26. The number of nitrogens with zero attached hydrogens (tertiary/aromatic N) is 2. The van der Waals surface area contributed by atoms with Crippen molar-refractivity contribution in [2.45, 2.75) is 13.5 Å². The molecule has 0 saturated carbocycles. The summed E-state index contributed by atoms with van der Waals surface area (Å²) in [7, 11) is 0. The maximum atomic E-state index is 12.6. The van der Waals surface area contributed by atoms with Gasteiger partial charge in [-0.25, -0.2) is 9.78 Å². The van der Waals surface area contributed by atoms with E-state index in [1.165, 1.54) is 0 Å². The minimum absolute atomic E-state index is 0.0202. The fourth-order valence-corrected chi connectivity index (χ4v) is 2.59. The first kappa shape index (κ1) is 15.1.